The van der Waals surface area contributed by atoms with Crippen LogP contribution < -0.4 is 11.1 Å². The molecule has 3 N–H and O–H groups in total. The lowest BCUT2D eigenvalue weighted by Gasteiger charge is -2.25. The molecule has 1 aromatic rings. The quantitative estimate of drug-likeness (QED) is 0.756. The fourth-order valence-electron chi connectivity index (χ4n) is 1.63. The predicted molar refractivity (Wildman–Crippen MR) is 71.7 cm³/mol. The normalized spacial score (nSPS) is 10.9. The number of aromatic nitrogens is 1. The van der Waals surface area contributed by atoms with Crippen LogP contribution in [0.3, 0.4) is 0 Å². The molecular formula is C13H19N3O3. The average molecular weight is 265 g/mol. The van der Waals surface area contributed by atoms with Gasteiger partial charge in [-0.25, -0.2) is 9.78 Å². The Bertz CT molecular complexity index is 455. The number of pyridine rings is 1. The number of nitrogens with two attached hydrogens (primary N) is 1. The van der Waals surface area contributed by atoms with Crippen LogP contribution in [0.15, 0.2) is 18.3 Å². The van der Waals surface area contributed by atoms with Gasteiger partial charge in [-0.3, -0.25) is 4.79 Å². The molecule has 1 rings (SSSR count). The third-order valence-electron chi connectivity index (χ3n) is 2.36. The van der Waals surface area contributed by atoms with E-state index in [-0.39, 0.29) is 12.3 Å². The third-order valence-corrected chi connectivity index (χ3v) is 2.36. The minimum atomic E-state index is -0.496. The van der Waals surface area contributed by atoms with E-state index in [1.54, 1.807) is 19.1 Å². The summed E-state index contributed by atoms with van der Waals surface area (Å²) >= 11 is 0. The number of anilines is 1. The summed E-state index contributed by atoms with van der Waals surface area (Å²) in [5.41, 5.74) is 5.06. The topological polar surface area (TPSA) is 94.3 Å². The van der Waals surface area contributed by atoms with Gasteiger partial charge in [0.2, 0.25) is 5.91 Å². The molecular weight excluding hydrogens is 246 g/mol. The molecule has 0 atom stereocenters. The Kier molecular flexibility index (Phi) is 4.86. The summed E-state index contributed by atoms with van der Waals surface area (Å²) in [5, 5.41) is 3.08. The first-order chi connectivity index (χ1) is 8.84. The second kappa shape index (κ2) is 6.17. The molecule has 19 heavy (non-hydrogen) atoms. The number of carbonyl (C=O) groups excluding carboxylic acids is 2. The lowest BCUT2D eigenvalue weighted by Crippen LogP contribution is -2.36. The molecule has 104 valence electrons. The summed E-state index contributed by atoms with van der Waals surface area (Å²) in [7, 11) is 0. The molecule has 0 saturated carbocycles. The van der Waals surface area contributed by atoms with Crippen molar-refractivity contribution in [2.45, 2.75) is 32.7 Å². The molecule has 0 radical (unpaired) electrons. The van der Waals surface area contributed by atoms with Crippen molar-refractivity contribution in [1.82, 2.24) is 4.98 Å². The smallest absolute Gasteiger partial charge is 0.339 e. The minimum Gasteiger partial charge on any atom is -0.462 e. The van der Waals surface area contributed by atoms with Crippen molar-refractivity contribution in [2.24, 2.45) is 5.73 Å². The highest BCUT2D eigenvalue weighted by Crippen LogP contribution is 2.16. The lowest BCUT2D eigenvalue weighted by atomic mass is 10.0. The molecule has 0 aliphatic heterocycles. The number of nitrogens with zero attached hydrogens (tertiary/aromatic N) is 1. The Hall–Kier alpha value is -2.11. The number of amides is 1. The van der Waals surface area contributed by atoms with Crippen molar-refractivity contribution in [3.63, 3.8) is 0 Å². The van der Waals surface area contributed by atoms with Crippen molar-refractivity contribution in [1.29, 1.82) is 0 Å². The van der Waals surface area contributed by atoms with Gasteiger partial charge in [-0.05, 0) is 32.9 Å². The van der Waals surface area contributed by atoms with Crippen LogP contribution in [0.1, 0.15) is 37.6 Å². The maximum Gasteiger partial charge on any atom is 0.339 e. The van der Waals surface area contributed by atoms with E-state index in [4.69, 9.17) is 10.5 Å². The Balaban J connectivity index is 2.71. The zero-order valence-electron chi connectivity index (χ0n) is 11.4. The van der Waals surface area contributed by atoms with Crippen LogP contribution in [0.4, 0.5) is 5.82 Å². The predicted octanol–water partition coefficient (Wildman–Crippen LogP) is 1.32. The Morgan fingerprint density at radius 3 is 2.58 bits per heavy atom. The zero-order chi connectivity index (χ0) is 14.5. The van der Waals surface area contributed by atoms with Gasteiger partial charge in [0.05, 0.1) is 12.2 Å². The maximum atomic E-state index is 11.4. The first-order valence-electron chi connectivity index (χ1n) is 6.04. The molecule has 0 saturated heterocycles. The number of nitrogens with one attached hydrogen (secondary N) is 1. The van der Waals surface area contributed by atoms with Gasteiger partial charge in [0.1, 0.15) is 5.82 Å². The van der Waals surface area contributed by atoms with Gasteiger partial charge < -0.3 is 15.8 Å². The number of primary amides is 1. The van der Waals surface area contributed by atoms with Crippen molar-refractivity contribution < 1.29 is 14.3 Å². The maximum absolute atomic E-state index is 11.4. The fraction of sp³-hybridized carbons (Fsp3) is 0.462. The van der Waals surface area contributed by atoms with Crippen molar-refractivity contribution >= 4 is 17.7 Å². The summed E-state index contributed by atoms with van der Waals surface area (Å²) in [6.45, 7) is 5.76. The summed E-state index contributed by atoms with van der Waals surface area (Å²) in [4.78, 5) is 26.5. The second-order valence-corrected chi connectivity index (χ2v) is 4.80. The van der Waals surface area contributed by atoms with E-state index >= 15 is 0 Å². The van der Waals surface area contributed by atoms with Crippen molar-refractivity contribution in [3.8, 4) is 0 Å². The molecule has 6 nitrogen and oxygen atoms in total. The van der Waals surface area contributed by atoms with Gasteiger partial charge in [0.15, 0.2) is 0 Å². The summed E-state index contributed by atoms with van der Waals surface area (Å²) in [6.07, 6.45) is 1.62. The van der Waals surface area contributed by atoms with E-state index in [0.29, 0.717) is 18.0 Å². The third kappa shape index (κ3) is 4.95. The molecule has 1 heterocycles. The number of rotatable bonds is 6. The summed E-state index contributed by atoms with van der Waals surface area (Å²) < 4.78 is 4.86. The summed E-state index contributed by atoms with van der Waals surface area (Å²) in [6, 6.07) is 3.28. The lowest BCUT2D eigenvalue weighted by molar-refractivity contribution is -0.118. The first-order valence-corrected chi connectivity index (χ1v) is 6.04. The first kappa shape index (κ1) is 14.9. The standard InChI is InChI=1S/C13H19N3O3/c1-4-19-12(18)9-5-6-11(15-8-9)16-13(2,3)7-10(14)17/h5-6,8H,4,7H2,1-3H3,(H2,14,17)(H,15,16). The van der Waals surface area contributed by atoms with Crippen LogP contribution in [0, 0.1) is 0 Å². The van der Waals surface area contributed by atoms with Crippen molar-refractivity contribution in [2.75, 3.05) is 11.9 Å². The second-order valence-electron chi connectivity index (χ2n) is 4.80. The number of hydrogen-bond donors (Lipinski definition) is 2. The number of hydrogen-bond acceptors (Lipinski definition) is 5. The SMILES string of the molecule is CCOC(=O)c1ccc(NC(C)(C)CC(N)=O)nc1. The van der Waals surface area contributed by atoms with E-state index in [1.807, 2.05) is 13.8 Å². The van der Waals surface area contributed by atoms with Gasteiger partial charge in [-0.15, -0.1) is 0 Å². The highest BCUT2D eigenvalue weighted by Gasteiger charge is 2.20. The molecule has 0 spiro atoms. The van der Waals surface area contributed by atoms with Gasteiger partial charge in [0, 0.05) is 18.2 Å². The van der Waals surface area contributed by atoms with Gasteiger partial charge in [-0.2, -0.15) is 0 Å². The summed E-state index contributed by atoms with van der Waals surface area (Å²) in [5.74, 6) is -0.224. The molecule has 1 aromatic heterocycles. The number of ether oxygens (including phenoxy) is 1. The Labute approximate surface area is 112 Å². The van der Waals surface area contributed by atoms with E-state index in [1.165, 1.54) is 6.20 Å². The minimum absolute atomic E-state index is 0.189. The van der Waals surface area contributed by atoms with Gasteiger partial charge >= 0.3 is 5.97 Å². The van der Waals surface area contributed by atoms with Crippen LogP contribution in [0.25, 0.3) is 0 Å². The zero-order valence-corrected chi connectivity index (χ0v) is 11.4. The van der Waals surface area contributed by atoms with Crippen LogP contribution in [-0.2, 0) is 9.53 Å². The molecule has 0 aliphatic rings. The molecule has 0 aromatic carbocycles. The van der Waals surface area contributed by atoms with E-state index < -0.39 is 11.5 Å². The van der Waals surface area contributed by atoms with Gasteiger partial charge in [0.25, 0.3) is 0 Å². The fourth-order valence-corrected chi connectivity index (χ4v) is 1.63. The molecule has 0 bridgehead atoms. The average Bonchev–Trinajstić information content (AvgIpc) is 2.27. The Morgan fingerprint density at radius 2 is 2.11 bits per heavy atom. The number of esters is 1. The van der Waals surface area contributed by atoms with E-state index in [0.717, 1.165) is 0 Å². The number of carbonyl (C=O) groups is 2. The molecule has 1 amide bonds. The molecule has 0 fully saturated rings. The Morgan fingerprint density at radius 1 is 1.42 bits per heavy atom. The van der Waals surface area contributed by atoms with E-state index in [2.05, 4.69) is 10.3 Å². The van der Waals surface area contributed by atoms with E-state index in [9.17, 15) is 9.59 Å². The highest BCUT2D eigenvalue weighted by atomic mass is 16.5. The molecule has 0 unspecified atom stereocenters. The monoisotopic (exact) mass is 265 g/mol. The largest absolute Gasteiger partial charge is 0.462 e. The van der Waals surface area contributed by atoms with Gasteiger partial charge in [-0.1, -0.05) is 0 Å². The van der Waals surface area contributed by atoms with Crippen LogP contribution in [0.2, 0.25) is 0 Å². The van der Waals surface area contributed by atoms with Crippen LogP contribution >= 0.6 is 0 Å². The molecule has 0 aliphatic carbocycles. The van der Waals surface area contributed by atoms with Crippen LogP contribution in [0.5, 0.6) is 0 Å². The van der Waals surface area contributed by atoms with Crippen molar-refractivity contribution in [3.05, 3.63) is 23.9 Å². The highest BCUT2D eigenvalue weighted by molar-refractivity contribution is 5.89. The molecule has 6 heteroatoms. The van der Waals surface area contributed by atoms with Crippen LogP contribution in [-0.4, -0.2) is 29.0 Å².